The summed E-state index contributed by atoms with van der Waals surface area (Å²) in [5.74, 6) is 1.10. The van der Waals surface area contributed by atoms with Crippen LogP contribution in [-0.2, 0) is 12.8 Å². The molecule has 2 aromatic rings. The lowest BCUT2D eigenvalue weighted by Gasteiger charge is -2.19. The number of hydrogen-bond donors (Lipinski definition) is 0. The van der Waals surface area contributed by atoms with Gasteiger partial charge in [-0.2, -0.15) is 0 Å². The van der Waals surface area contributed by atoms with E-state index in [0.29, 0.717) is 6.10 Å². The summed E-state index contributed by atoms with van der Waals surface area (Å²) in [5, 5.41) is 0. The minimum atomic E-state index is 0.347. The van der Waals surface area contributed by atoms with E-state index in [9.17, 15) is 0 Å². The van der Waals surface area contributed by atoms with Gasteiger partial charge in [0.15, 0.2) is 0 Å². The van der Waals surface area contributed by atoms with Crippen LogP contribution in [0.5, 0.6) is 5.75 Å². The lowest BCUT2D eigenvalue weighted by Crippen LogP contribution is -2.32. The number of rotatable bonds is 4. The lowest BCUT2D eigenvalue weighted by atomic mass is 10.0. The van der Waals surface area contributed by atoms with Crippen LogP contribution in [0.25, 0.3) is 0 Å². The Kier molecular flexibility index (Phi) is 3.86. The van der Waals surface area contributed by atoms with Gasteiger partial charge < -0.3 is 4.74 Å². The molecule has 2 aromatic carbocycles. The van der Waals surface area contributed by atoms with Crippen LogP contribution in [0.15, 0.2) is 48.5 Å². The van der Waals surface area contributed by atoms with Gasteiger partial charge in [-0.25, -0.2) is 0 Å². The van der Waals surface area contributed by atoms with Gasteiger partial charge in [0.05, 0.1) is 0 Å². The molecule has 0 N–H and O–H groups in total. The normalized spacial score (nSPS) is 20.8. The quantitative estimate of drug-likeness (QED) is 0.852. The van der Waals surface area contributed by atoms with Crippen LogP contribution in [0.4, 0.5) is 0 Å². The second-order valence-corrected chi connectivity index (χ2v) is 6.56. The summed E-state index contributed by atoms with van der Waals surface area (Å²) in [7, 11) is 0. The first kappa shape index (κ1) is 13.8. The molecular formula is C20H23NO. The third-order valence-electron chi connectivity index (χ3n) is 4.78. The Morgan fingerprint density at radius 3 is 2.59 bits per heavy atom. The summed E-state index contributed by atoms with van der Waals surface area (Å²) >= 11 is 0. The molecule has 1 atom stereocenters. The Labute approximate surface area is 132 Å². The second-order valence-electron chi connectivity index (χ2n) is 6.56. The third kappa shape index (κ3) is 3.02. The highest BCUT2D eigenvalue weighted by Crippen LogP contribution is 2.31. The molecule has 2 aliphatic rings. The van der Waals surface area contributed by atoms with Crippen molar-refractivity contribution >= 4 is 0 Å². The zero-order valence-electron chi connectivity index (χ0n) is 13.0. The van der Waals surface area contributed by atoms with Crippen LogP contribution in [-0.4, -0.2) is 30.6 Å². The molecule has 1 fully saturated rings. The van der Waals surface area contributed by atoms with E-state index in [4.69, 9.17) is 4.74 Å². The number of likely N-dealkylation sites (tertiary alicyclic amines) is 1. The molecule has 2 heterocycles. The lowest BCUT2D eigenvalue weighted by molar-refractivity contribution is 0.168. The zero-order valence-corrected chi connectivity index (χ0v) is 13.0. The molecule has 2 heteroatoms. The van der Waals surface area contributed by atoms with Gasteiger partial charge in [0.1, 0.15) is 11.9 Å². The molecule has 0 aliphatic carbocycles. The summed E-state index contributed by atoms with van der Waals surface area (Å²) in [6.07, 6.45) is 5.11. The van der Waals surface area contributed by atoms with Gasteiger partial charge in [0, 0.05) is 13.0 Å². The van der Waals surface area contributed by atoms with E-state index in [1.807, 2.05) is 0 Å². The van der Waals surface area contributed by atoms with Crippen LogP contribution in [0.2, 0.25) is 0 Å². The zero-order chi connectivity index (χ0) is 14.8. The molecule has 0 radical (unpaired) electrons. The number of benzene rings is 2. The molecule has 22 heavy (non-hydrogen) atoms. The molecule has 0 amide bonds. The Balaban J connectivity index is 1.43. The van der Waals surface area contributed by atoms with Crippen LogP contribution < -0.4 is 4.74 Å². The van der Waals surface area contributed by atoms with Crippen LogP contribution >= 0.6 is 0 Å². The van der Waals surface area contributed by atoms with Gasteiger partial charge in [-0.3, -0.25) is 4.90 Å². The number of fused-ring (bicyclic) bond motifs is 1. The molecular weight excluding hydrogens is 270 g/mol. The SMILES string of the molecule is c1ccc(Cc2ccc3c(c2)CC(CN2CCCC2)O3)cc1. The fourth-order valence-electron chi connectivity index (χ4n) is 3.67. The average Bonchev–Trinajstić information content (AvgIpc) is 3.17. The molecule has 0 spiro atoms. The number of hydrogen-bond acceptors (Lipinski definition) is 2. The van der Waals surface area contributed by atoms with Gasteiger partial charge >= 0.3 is 0 Å². The maximum atomic E-state index is 6.13. The molecule has 4 rings (SSSR count). The maximum absolute atomic E-state index is 6.13. The first-order valence-corrected chi connectivity index (χ1v) is 8.41. The van der Waals surface area contributed by atoms with Crippen LogP contribution in [0.1, 0.15) is 29.5 Å². The molecule has 2 aliphatic heterocycles. The summed E-state index contributed by atoms with van der Waals surface area (Å²) in [5.41, 5.74) is 4.14. The minimum Gasteiger partial charge on any atom is -0.488 e. The summed E-state index contributed by atoms with van der Waals surface area (Å²) < 4.78 is 6.13. The standard InChI is InChI=1S/C20H23NO/c1-2-6-16(7-3-1)12-17-8-9-20-18(13-17)14-19(22-20)15-21-10-4-5-11-21/h1-3,6-9,13,19H,4-5,10-12,14-15H2. The number of nitrogens with zero attached hydrogens (tertiary/aromatic N) is 1. The van der Waals surface area contributed by atoms with E-state index in [-0.39, 0.29) is 0 Å². The molecule has 0 bridgehead atoms. The van der Waals surface area contributed by atoms with Crippen molar-refractivity contribution in [1.82, 2.24) is 4.90 Å². The van der Waals surface area contributed by atoms with Crippen molar-refractivity contribution in [3.8, 4) is 5.75 Å². The predicted octanol–water partition coefficient (Wildman–Crippen LogP) is 3.68. The highest BCUT2D eigenvalue weighted by molar-refractivity contribution is 5.42. The highest BCUT2D eigenvalue weighted by atomic mass is 16.5. The molecule has 0 saturated carbocycles. The number of ether oxygens (including phenoxy) is 1. The predicted molar refractivity (Wildman–Crippen MR) is 89.5 cm³/mol. The third-order valence-corrected chi connectivity index (χ3v) is 4.78. The second kappa shape index (κ2) is 6.13. The molecule has 1 unspecified atom stereocenters. The summed E-state index contributed by atoms with van der Waals surface area (Å²) in [6.45, 7) is 3.58. The highest BCUT2D eigenvalue weighted by Gasteiger charge is 2.26. The van der Waals surface area contributed by atoms with Gasteiger partial charge in [0.2, 0.25) is 0 Å². The van der Waals surface area contributed by atoms with Gasteiger partial charge in [-0.1, -0.05) is 42.5 Å². The molecule has 114 valence electrons. The Morgan fingerprint density at radius 2 is 1.77 bits per heavy atom. The summed E-state index contributed by atoms with van der Waals surface area (Å²) in [4.78, 5) is 2.54. The van der Waals surface area contributed by atoms with Crippen LogP contribution in [0.3, 0.4) is 0 Å². The van der Waals surface area contributed by atoms with E-state index in [1.165, 1.54) is 42.6 Å². The van der Waals surface area contributed by atoms with E-state index in [1.54, 1.807) is 0 Å². The Morgan fingerprint density at radius 1 is 0.955 bits per heavy atom. The first-order chi connectivity index (χ1) is 10.9. The topological polar surface area (TPSA) is 12.5 Å². The maximum Gasteiger partial charge on any atom is 0.123 e. The fourth-order valence-corrected chi connectivity index (χ4v) is 3.67. The first-order valence-electron chi connectivity index (χ1n) is 8.41. The molecule has 1 saturated heterocycles. The molecule has 0 aromatic heterocycles. The summed E-state index contributed by atoms with van der Waals surface area (Å²) in [6, 6.07) is 17.4. The largest absolute Gasteiger partial charge is 0.488 e. The smallest absolute Gasteiger partial charge is 0.123 e. The van der Waals surface area contributed by atoms with Crippen LogP contribution in [0, 0.1) is 0 Å². The van der Waals surface area contributed by atoms with E-state index in [2.05, 4.69) is 53.4 Å². The van der Waals surface area contributed by atoms with Gasteiger partial charge in [-0.15, -0.1) is 0 Å². The Bertz CT molecular complexity index is 631. The van der Waals surface area contributed by atoms with Crippen molar-refractivity contribution in [3.05, 3.63) is 65.2 Å². The average molecular weight is 293 g/mol. The Hall–Kier alpha value is -1.80. The van der Waals surface area contributed by atoms with Crippen molar-refractivity contribution < 1.29 is 4.74 Å². The van der Waals surface area contributed by atoms with Crippen molar-refractivity contribution in [3.63, 3.8) is 0 Å². The van der Waals surface area contributed by atoms with Crippen molar-refractivity contribution in [2.24, 2.45) is 0 Å². The van der Waals surface area contributed by atoms with E-state index < -0.39 is 0 Å². The van der Waals surface area contributed by atoms with E-state index in [0.717, 1.165) is 25.1 Å². The van der Waals surface area contributed by atoms with Crippen molar-refractivity contribution in [1.29, 1.82) is 0 Å². The molecule has 2 nitrogen and oxygen atoms in total. The van der Waals surface area contributed by atoms with E-state index >= 15 is 0 Å². The van der Waals surface area contributed by atoms with Crippen molar-refractivity contribution in [2.75, 3.05) is 19.6 Å². The van der Waals surface area contributed by atoms with Gasteiger partial charge in [0.25, 0.3) is 0 Å². The van der Waals surface area contributed by atoms with Crippen molar-refractivity contribution in [2.45, 2.75) is 31.8 Å². The van der Waals surface area contributed by atoms with Gasteiger partial charge in [-0.05, 0) is 55.1 Å². The minimum absolute atomic E-state index is 0.347. The monoisotopic (exact) mass is 293 g/mol. The fraction of sp³-hybridized carbons (Fsp3) is 0.400.